The van der Waals surface area contributed by atoms with Crippen molar-refractivity contribution < 1.29 is 13.2 Å². The summed E-state index contributed by atoms with van der Waals surface area (Å²) in [5.41, 5.74) is 0. The van der Waals surface area contributed by atoms with Gasteiger partial charge in [-0.15, -0.1) is 0 Å². The SMILES string of the molecule is CCN1CCN(C(=O)C2(S(=O)(=O)c3ccc(Cl)cc3)CCCC2)CC1. The van der Waals surface area contributed by atoms with Crippen molar-refractivity contribution in [1.82, 2.24) is 9.80 Å². The van der Waals surface area contributed by atoms with Crippen molar-refractivity contribution in [1.29, 1.82) is 0 Å². The first kappa shape index (κ1) is 18.7. The van der Waals surface area contributed by atoms with E-state index in [0.717, 1.165) is 32.5 Å². The number of sulfone groups is 1. The van der Waals surface area contributed by atoms with Gasteiger partial charge < -0.3 is 9.80 Å². The molecule has 0 aromatic heterocycles. The number of likely N-dealkylation sites (N-methyl/N-ethyl adjacent to an activating group) is 1. The van der Waals surface area contributed by atoms with Crippen LogP contribution in [-0.2, 0) is 14.6 Å². The lowest BCUT2D eigenvalue weighted by atomic mass is 10.0. The highest BCUT2D eigenvalue weighted by Gasteiger charge is 2.54. The van der Waals surface area contributed by atoms with Crippen molar-refractivity contribution in [2.45, 2.75) is 42.2 Å². The van der Waals surface area contributed by atoms with Crippen LogP contribution >= 0.6 is 11.6 Å². The first-order valence-electron chi connectivity index (χ1n) is 8.93. The predicted molar refractivity (Wildman–Crippen MR) is 98.5 cm³/mol. The largest absolute Gasteiger partial charge is 0.339 e. The minimum Gasteiger partial charge on any atom is -0.339 e. The van der Waals surface area contributed by atoms with Crippen molar-refractivity contribution in [3.63, 3.8) is 0 Å². The molecule has 0 N–H and O–H groups in total. The number of carbonyl (C=O) groups excluding carboxylic acids is 1. The zero-order chi connectivity index (χ0) is 18.1. The Bertz CT molecular complexity index is 719. The smallest absolute Gasteiger partial charge is 0.244 e. The van der Waals surface area contributed by atoms with Crippen LogP contribution in [-0.4, -0.2) is 61.6 Å². The van der Waals surface area contributed by atoms with E-state index in [9.17, 15) is 13.2 Å². The summed E-state index contributed by atoms with van der Waals surface area (Å²) < 4.78 is 25.4. The van der Waals surface area contributed by atoms with Gasteiger partial charge in [-0.05, 0) is 43.7 Å². The van der Waals surface area contributed by atoms with Gasteiger partial charge in [-0.25, -0.2) is 8.42 Å². The molecule has 0 radical (unpaired) electrons. The first-order chi connectivity index (χ1) is 11.9. The van der Waals surface area contributed by atoms with Crippen molar-refractivity contribution in [3.05, 3.63) is 29.3 Å². The van der Waals surface area contributed by atoms with E-state index in [2.05, 4.69) is 11.8 Å². The molecule has 1 aromatic rings. The number of halogens is 1. The van der Waals surface area contributed by atoms with Gasteiger partial charge in [-0.2, -0.15) is 0 Å². The number of benzene rings is 1. The summed E-state index contributed by atoms with van der Waals surface area (Å²) in [5.74, 6) is -0.212. The van der Waals surface area contributed by atoms with Crippen LogP contribution in [0.25, 0.3) is 0 Å². The monoisotopic (exact) mass is 384 g/mol. The third-order valence-corrected chi connectivity index (χ3v) is 8.30. The normalized spacial score (nSPS) is 21.4. The summed E-state index contributed by atoms with van der Waals surface area (Å²) in [6.45, 7) is 5.87. The highest BCUT2D eigenvalue weighted by atomic mass is 35.5. The fourth-order valence-corrected chi connectivity index (χ4v) is 6.20. The quantitative estimate of drug-likeness (QED) is 0.800. The minimum atomic E-state index is -3.75. The van der Waals surface area contributed by atoms with E-state index in [0.29, 0.717) is 31.0 Å². The van der Waals surface area contributed by atoms with Crippen LogP contribution < -0.4 is 0 Å². The van der Waals surface area contributed by atoms with Gasteiger partial charge in [-0.3, -0.25) is 4.79 Å². The molecule has 1 aliphatic heterocycles. The van der Waals surface area contributed by atoms with Gasteiger partial charge in [0.1, 0.15) is 0 Å². The second-order valence-electron chi connectivity index (χ2n) is 6.89. The topological polar surface area (TPSA) is 57.7 Å². The Morgan fingerprint density at radius 2 is 1.64 bits per heavy atom. The predicted octanol–water partition coefficient (Wildman–Crippen LogP) is 2.59. The maximum Gasteiger partial charge on any atom is 0.244 e. The molecule has 0 unspecified atom stereocenters. The fraction of sp³-hybridized carbons (Fsp3) is 0.611. The van der Waals surface area contributed by atoms with Gasteiger partial charge >= 0.3 is 0 Å². The average molecular weight is 385 g/mol. The second kappa shape index (κ2) is 7.25. The van der Waals surface area contributed by atoms with Crippen LogP contribution in [0, 0.1) is 0 Å². The third kappa shape index (κ3) is 3.32. The number of carbonyl (C=O) groups is 1. The van der Waals surface area contributed by atoms with Crippen molar-refractivity contribution in [2.24, 2.45) is 0 Å². The number of nitrogens with zero attached hydrogens (tertiary/aromatic N) is 2. The van der Waals surface area contributed by atoms with Gasteiger partial charge in [0.2, 0.25) is 5.91 Å². The zero-order valence-electron chi connectivity index (χ0n) is 14.6. The summed E-state index contributed by atoms with van der Waals surface area (Å²) in [6.07, 6.45) is 2.36. The Labute approximate surface area is 154 Å². The summed E-state index contributed by atoms with van der Waals surface area (Å²) in [7, 11) is -3.75. The summed E-state index contributed by atoms with van der Waals surface area (Å²) >= 11 is 5.89. The van der Waals surface area contributed by atoms with Crippen molar-refractivity contribution in [2.75, 3.05) is 32.7 Å². The second-order valence-corrected chi connectivity index (χ2v) is 9.58. The molecule has 2 aliphatic rings. The summed E-state index contributed by atoms with van der Waals surface area (Å²) in [6, 6.07) is 6.17. The molecular formula is C18H25ClN2O3S. The molecule has 0 atom stereocenters. The number of hydrogen-bond donors (Lipinski definition) is 0. The summed E-state index contributed by atoms with van der Waals surface area (Å²) in [4.78, 5) is 17.5. The molecule has 1 amide bonds. The van der Waals surface area contributed by atoms with E-state index in [1.54, 1.807) is 17.0 Å². The van der Waals surface area contributed by atoms with Gasteiger partial charge in [0.05, 0.1) is 4.90 Å². The summed E-state index contributed by atoms with van der Waals surface area (Å²) in [5, 5.41) is 0.487. The lowest BCUT2D eigenvalue weighted by Crippen LogP contribution is -2.57. The van der Waals surface area contributed by atoms with Crippen LogP contribution in [0.1, 0.15) is 32.6 Å². The molecule has 1 saturated heterocycles. The van der Waals surface area contributed by atoms with E-state index in [1.807, 2.05) is 0 Å². The van der Waals surface area contributed by atoms with Gasteiger partial charge in [0.15, 0.2) is 14.6 Å². The molecule has 1 aromatic carbocycles. The molecule has 0 spiro atoms. The number of amides is 1. The lowest BCUT2D eigenvalue weighted by Gasteiger charge is -2.39. The molecule has 25 heavy (non-hydrogen) atoms. The number of piperazine rings is 1. The highest BCUT2D eigenvalue weighted by molar-refractivity contribution is 7.93. The number of rotatable bonds is 4. The molecule has 1 aliphatic carbocycles. The van der Waals surface area contributed by atoms with E-state index in [1.165, 1.54) is 12.1 Å². The zero-order valence-corrected chi connectivity index (χ0v) is 16.2. The molecule has 2 fully saturated rings. The molecular weight excluding hydrogens is 360 g/mol. The Kier molecular flexibility index (Phi) is 5.42. The van der Waals surface area contributed by atoms with Gasteiger partial charge in [0, 0.05) is 31.2 Å². The molecule has 1 saturated carbocycles. The molecule has 0 bridgehead atoms. The fourth-order valence-electron chi connectivity index (χ4n) is 3.94. The standard InChI is InChI=1S/C18H25ClN2O3S/c1-2-20-11-13-21(14-12-20)17(22)18(9-3-4-10-18)25(23,24)16-7-5-15(19)6-8-16/h5-8H,2-4,9-14H2,1H3. The van der Waals surface area contributed by atoms with Crippen LogP contribution in [0.15, 0.2) is 29.2 Å². The third-order valence-electron chi connectivity index (χ3n) is 5.55. The Balaban J connectivity index is 1.91. The van der Waals surface area contributed by atoms with E-state index in [-0.39, 0.29) is 10.8 Å². The van der Waals surface area contributed by atoms with E-state index < -0.39 is 14.6 Å². The Morgan fingerprint density at radius 3 is 2.16 bits per heavy atom. The van der Waals surface area contributed by atoms with Gasteiger partial charge in [-0.1, -0.05) is 31.4 Å². The van der Waals surface area contributed by atoms with Crippen LogP contribution in [0.3, 0.4) is 0 Å². The first-order valence-corrected chi connectivity index (χ1v) is 10.8. The Morgan fingerprint density at radius 1 is 1.08 bits per heavy atom. The van der Waals surface area contributed by atoms with Crippen LogP contribution in [0.5, 0.6) is 0 Å². The molecule has 1 heterocycles. The maximum atomic E-state index is 13.4. The molecule has 3 rings (SSSR count). The average Bonchev–Trinajstić information content (AvgIpc) is 3.13. The highest BCUT2D eigenvalue weighted by Crippen LogP contribution is 2.42. The Hall–Kier alpha value is -1.11. The lowest BCUT2D eigenvalue weighted by molar-refractivity contribution is -0.135. The van der Waals surface area contributed by atoms with E-state index >= 15 is 0 Å². The van der Waals surface area contributed by atoms with Gasteiger partial charge in [0.25, 0.3) is 0 Å². The van der Waals surface area contributed by atoms with Crippen molar-refractivity contribution >= 4 is 27.3 Å². The van der Waals surface area contributed by atoms with Crippen LogP contribution in [0.4, 0.5) is 0 Å². The minimum absolute atomic E-state index is 0.194. The van der Waals surface area contributed by atoms with Crippen LogP contribution in [0.2, 0.25) is 5.02 Å². The molecule has 7 heteroatoms. The molecule has 138 valence electrons. The maximum absolute atomic E-state index is 13.4. The molecule has 5 nitrogen and oxygen atoms in total. The number of hydrogen-bond acceptors (Lipinski definition) is 4. The van der Waals surface area contributed by atoms with E-state index in [4.69, 9.17) is 11.6 Å². The van der Waals surface area contributed by atoms with Crippen molar-refractivity contribution in [3.8, 4) is 0 Å².